The fraction of sp³-hybridized carbons (Fsp3) is 0.235. The minimum absolute atomic E-state index is 0.0480. The highest BCUT2D eigenvalue weighted by Crippen LogP contribution is 2.27. The van der Waals surface area contributed by atoms with Crippen LogP contribution in [-0.2, 0) is 6.18 Å². The Balaban J connectivity index is 1.52. The summed E-state index contributed by atoms with van der Waals surface area (Å²) in [7, 11) is 0. The number of rotatable bonds is 6. The van der Waals surface area contributed by atoms with Gasteiger partial charge in [-0.2, -0.15) is 18.3 Å². The van der Waals surface area contributed by atoms with Crippen LogP contribution < -0.4 is 10.6 Å². The molecule has 3 aromatic rings. The van der Waals surface area contributed by atoms with Crippen molar-refractivity contribution in [2.45, 2.75) is 13.1 Å². The predicted molar refractivity (Wildman–Crippen MR) is 94.0 cm³/mol. The second-order valence-corrected chi connectivity index (χ2v) is 5.72. The lowest BCUT2D eigenvalue weighted by atomic mass is 10.2. The first-order valence-corrected chi connectivity index (χ1v) is 8.24. The highest BCUT2D eigenvalue weighted by atomic mass is 19.4. The molecule has 0 aliphatic heterocycles. The van der Waals surface area contributed by atoms with Crippen molar-refractivity contribution in [3.05, 3.63) is 59.9 Å². The molecule has 1 amide bonds. The number of nitrogens with one attached hydrogen (secondary N) is 2. The number of aryl methyl sites for hydroxylation is 1. The maximum atomic E-state index is 12.5. The summed E-state index contributed by atoms with van der Waals surface area (Å²) in [5.41, 5.74) is -0.996. The van der Waals surface area contributed by atoms with Crippen LogP contribution in [0.15, 0.2) is 42.9 Å². The van der Waals surface area contributed by atoms with Crippen molar-refractivity contribution in [2.24, 2.45) is 0 Å². The summed E-state index contributed by atoms with van der Waals surface area (Å²) in [4.78, 5) is 23.8. The van der Waals surface area contributed by atoms with Gasteiger partial charge in [0.05, 0.1) is 5.56 Å². The number of anilines is 1. The predicted octanol–water partition coefficient (Wildman–Crippen LogP) is 2.23. The van der Waals surface area contributed by atoms with Gasteiger partial charge in [-0.15, -0.1) is 0 Å². The molecule has 3 aromatic heterocycles. The number of alkyl halides is 3. The minimum Gasteiger partial charge on any atom is -0.368 e. The fourth-order valence-corrected chi connectivity index (χ4v) is 2.33. The summed E-state index contributed by atoms with van der Waals surface area (Å²) >= 11 is 0. The van der Waals surface area contributed by atoms with E-state index in [4.69, 9.17) is 0 Å². The SMILES string of the molecule is Cc1nc(NCCNC(=O)c2ccc(C(F)(F)F)nc2)cc(-n2cccn2)n1. The molecular weight excluding hydrogens is 375 g/mol. The molecule has 0 spiro atoms. The van der Waals surface area contributed by atoms with Crippen LogP contribution in [0.25, 0.3) is 5.82 Å². The lowest BCUT2D eigenvalue weighted by Gasteiger charge is -2.10. The van der Waals surface area contributed by atoms with Crippen LogP contribution in [0, 0.1) is 6.92 Å². The number of hydrogen-bond acceptors (Lipinski definition) is 6. The Kier molecular flexibility index (Phi) is 5.52. The molecule has 0 fully saturated rings. The van der Waals surface area contributed by atoms with Gasteiger partial charge in [-0.05, 0) is 25.1 Å². The molecule has 28 heavy (non-hydrogen) atoms. The molecule has 0 radical (unpaired) electrons. The van der Waals surface area contributed by atoms with Crippen molar-refractivity contribution in [1.82, 2.24) is 30.0 Å². The molecule has 0 aliphatic carbocycles. The Labute approximate surface area is 157 Å². The van der Waals surface area contributed by atoms with E-state index in [1.54, 1.807) is 36.1 Å². The number of aromatic nitrogens is 5. The van der Waals surface area contributed by atoms with E-state index in [0.29, 0.717) is 24.0 Å². The third kappa shape index (κ3) is 4.81. The molecule has 3 rings (SSSR count). The Morgan fingerprint density at radius 1 is 1.21 bits per heavy atom. The zero-order valence-corrected chi connectivity index (χ0v) is 14.7. The average Bonchev–Trinajstić information content (AvgIpc) is 3.19. The van der Waals surface area contributed by atoms with Crippen molar-refractivity contribution in [2.75, 3.05) is 18.4 Å². The van der Waals surface area contributed by atoms with Gasteiger partial charge in [-0.3, -0.25) is 9.78 Å². The van der Waals surface area contributed by atoms with Crippen LogP contribution in [0.3, 0.4) is 0 Å². The normalized spacial score (nSPS) is 11.3. The van der Waals surface area contributed by atoms with E-state index in [1.165, 1.54) is 0 Å². The molecule has 0 saturated carbocycles. The molecule has 0 unspecified atom stereocenters. The second-order valence-electron chi connectivity index (χ2n) is 5.72. The maximum Gasteiger partial charge on any atom is 0.433 e. The van der Waals surface area contributed by atoms with Crippen LogP contribution in [0.2, 0.25) is 0 Å². The summed E-state index contributed by atoms with van der Waals surface area (Å²) in [6, 6.07) is 5.34. The van der Waals surface area contributed by atoms with Gasteiger partial charge < -0.3 is 10.6 Å². The topological polar surface area (TPSA) is 97.6 Å². The van der Waals surface area contributed by atoms with E-state index >= 15 is 0 Å². The van der Waals surface area contributed by atoms with E-state index in [2.05, 4.69) is 30.7 Å². The Bertz CT molecular complexity index is 940. The second kappa shape index (κ2) is 8.03. The largest absolute Gasteiger partial charge is 0.433 e. The van der Waals surface area contributed by atoms with Crippen LogP contribution in [0.1, 0.15) is 21.9 Å². The van der Waals surface area contributed by atoms with Crippen molar-refractivity contribution < 1.29 is 18.0 Å². The molecule has 11 heteroatoms. The quantitative estimate of drug-likeness (QED) is 0.626. The first kappa shape index (κ1) is 19.3. The van der Waals surface area contributed by atoms with E-state index < -0.39 is 17.8 Å². The third-order valence-corrected chi connectivity index (χ3v) is 3.60. The van der Waals surface area contributed by atoms with Gasteiger partial charge in [0.25, 0.3) is 5.91 Å². The number of halogens is 3. The van der Waals surface area contributed by atoms with Crippen LogP contribution in [0.5, 0.6) is 0 Å². The van der Waals surface area contributed by atoms with Gasteiger partial charge in [0.1, 0.15) is 17.3 Å². The van der Waals surface area contributed by atoms with E-state index in [-0.39, 0.29) is 12.1 Å². The number of carbonyl (C=O) groups excluding carboxylic acids is 1. The molecule has 0 aliphatic rings. The van der Waals surface area contributed by atoms with Crippen LogP contribution in [0.4, 0.5) is 19.0 Å². The molecule has 0 bridgehead atoms. The summed E-state index contributed by atoms with van der Waals surface area (Å²) < 4.78 is 39.1. The fourth-order valence-electron chi connectivity index (χ4n) is 2.33. The van der Waals surface area contributed by atoms with E-state index in [9.17, 15) is 18.0 Å². The number of carbonyl (C=O) groups is 1. The molecule has 0 atom stereocenters. The van der Waals surface area contributed by atoms with Crippen molar-refractivity contribution in [3.63, 3.8) is 0 Å². The van der Waals surface area contributed by atoms with Gasteiger partial charge in [-0.25, -0.2) is 14.6 Å². The lowest BCUT2D eigenvalue weighted by Crippen LogP contribution is -2.29. The monoisotopic (exact) mass is 391 g/mol. The number of hydrogen-bond donors (Lipinski definition) is 2. The molecular formula is C17H16F3N7O. The van der Waals surface area contributed by atoms with E-state index in [1.807, 2.05) is 0 Å². The summed E-state index contributed by atoms with van der Waals surface area (Å²) in [6.07, 6.45) is -0.251. The number of amides is 1. The molecule has 3 heterocycles. The molecule has 0 aromatic carbocycles. The van der Waals surface area contributed by atoms with Gasteiger partial charge in [0.2, 0.25) is 0 Å². The van der Waals surface area contributed by atoms with Gasteiger partial charge >= 0.3 is 6.18 Å². The molecule has 8 nitrogen and oxygen atoms in total. The standard InChI is InChI=1S/C17H16F3N7O/c1-11-25-14(9-15(26-11)27-8-2-5-24-27)21-6-7-22-16(28)12-3-4-13(23-10-12)17(18,19)20/h2-5,8-10H,6-7H2,1H3,(H,22,28)(H,21,25,26). The lowest BCUT2D eigenvalue weighted by molar-refractivity contribution is -0.141. The van der Waals surface area contributed by atoms with Gasteiger partial charge in [0, 0.05) is 37.7 Å². The van der Waals surface area contributed by atoms with E-state index in [0.717, 1.165) is 18.3 Å². The molecule has 0 saturated heterocycles. The van der Waals surface area contributed by atoms with Crippen molar-refractivity contribution in [1.29, 1.82) is 0 Å². The zero-order valence-electron chi connectivity index (χ0n) is 14.7. The third-order valence-electron chi connectivity index (χ3n) is 3.60. The Hall–Kier alpha value is -3.50. The summed E-state index contributed by atoms with van der Waals surface area (Å²) in [5.74, 6) is 1.19. The Morgan fingerprint density at radius 3 is 2.68 bits per heavy atom. The minimum atomic E-state index is -4.54. The molecule has 146 valence electrons. The highest BCUT2D eigenvalue weighted by molar-refractivity contribution is 5.93. The number of pyridine rings is 1. The molecule has 2 N–H and O–H groups in total. The van der Waals surface area contributed by atoms with Gasteiger partial charge in [0.15, 0.2) is 5.82 Å². The van der Waals surface area contributed by atoms with Crippen molar-refractivity contribution >= 4 is 11.7 Å². The highest BCUT2D eigenvalue weighted by Gasteiger charge is 2.32. The Morgan fingerprint density at radius 2 is 2.04 bits per heavy atom. The first-order chi connectivity index (χ1) is 13.3. The average molecular weight is 391 g/mol. The summed E-state index contributed by atoms with van der Waals surface area (Å²) in [5, 5.41) is 9.76. The zero-order chi connectivity index (χ0) is 20.1. The summed E-state index contributed by atoms with van der Waals surface area (Å²) in [6.45, 7) is 2.34. The first-order valence-electron chi connectivity index (χ1n) is 8.24. The smallest absolute Gasteiger partial charge is 0.368 e. The maximum absolute atomic E-state index is 12.5. The van der Waals surface area contributed by atoms with Gasteiger partial charge in [-0.1, -0.05) is 0 Å². The van der Waals surface area contributed by atoms with Crippen molar-refractivity contribution in [3.8, 4) is 5.82 Å². The van der Waals surface area contributed by atoms with Crippen LogP contribution in [-0.4, -0.2) is 43.7 Å². The number of nitrogens with zero attached hydrogens (tertiary/aromatic N) is 5. The van der Waals surface area contributed by atoms with Crippen LogP contribution >= 0.6 is 0 Å².